The van der Waals surface area contributed by atoms with Crippen molar-refractivity contribution in [2.45, 2.75) is 44.6 Å². The van der Waals surface area contributed by atoms with Crippen LogP contribution in [-0.2, 0) is 9.59 Å². The van der Waals surface area contributed by atoms with Crippen LogP contribution in [0.3, 0.4) is 0 Å². The van der Waals surface area contributed by atoms with E-state index in [1.165, 1.54) is 43.4 Å². The number of hydrogen-bond donors (Lipinski definition) is 2. The molecule has 1 saturated heterocycles. The summed E-state index contributed by atoms with van der Waals surface area (Å²) >= 11 is 0. The standard InChI is InChI=1S/C21H31N3O3/c1-23(14-20(25)22-17-9-5-10-18(13-17)27-2)21(26)15-24-12-6-8-16-7-3-4-11-19(16)24/h5,9-10,13,16,19H,3-4,6-8,11-12,14-15H2,1-2H3,(H,22,25)/p+1/t16-,19+/m1/s1. The van der Waals surface area contributed by atoms with Gasteiger partial charge in [0.2, 0.25) is 5.91 Å². The van der Waals surface area contributed by atoms with E-state index in [0.29, 0.717) is 24.0 Å². The van der Waals surface area contributed by atoms with Gasteiger partial charge in [0.05, 0.1) is 26.2 Å². The molecule has 3 rings (SSSR count). The largest absolute Gasteiger partial charge is 0.497 e. The van der Waals surface area contributed by atoms with Gasteiger partial charge >= 0.3 is 0 Å². The molecule has 148 valence electrons. The van der Waals surface area contributed by atoms with Crippen molar-refractivity contribution in [2.75, 3.05) is 39.1 Å². The molecular formula is C21H32N3O3+. The van der Waals surface area contributed by atoms with Gasteiger partial charge in [-0.25, -0.2) is 0 Å². The molecule has 2 amide bonds. The van der Waals surface area contributed by atoms with Gasteiger partial charge in [-0.15, -0.1) is 0 Å². The predicted octanol–water partition coefficient (Wildman–Crippen LogP) is 1.33. The number of nitrogens with one attached hydrogen (secondary N) is 2. The quantitative estimate of drug-likeness (QED) is 0.790. The average molecular weight is 375 g/mol. The molecule has 0 bridgehead atoms. The minimum atomic E-state index is -0.191. The van der Waals surface area contributed by atoms with Crippen molar-refractivity contribution < 1.29 is 19.2 Å². The zero-order valence-corrected chi connectivity index (χ0v) is 16.5. The van der Waals surface area contributed by atoms with Gasteiger partial charge in [-0.05, 0) is 44.2 Å². The molecule has 1 aliphatic heterocycles. The summed E-state index contributed by atoms with van der Waals surface area (Å²) in [7, 11) is 3.31. The molecule has 27 heavy (non-hydrogen) atoms. The van der Waals surface area contributed by atoms with Crippen LogP contribution in [-0.4, -0.2) is 56.5 Å². The fourth-order valence-corrected chi connectivity index (χ4v) is 4.62. The average Bonchev–Trinajstić information content (AvgIpc) is 2.68. The van der Waals surface area contributed by atoms with Gasteiger partial charge in [0.25, 0.3) is 5.91 Å². The molecule has 1 saturated carbocycles. The van der Waals surface area contributed by atoms with E-state index in [4.69, 9.17) is 4.74 Å². The van der Waals surface area contributed by atoms with E-state index < -0.39 is 0 Å². The van der Waals surface area contributed by atoms with Crippen molar-refractivity contribution in [3.05, 3.63) is 24.3 Å². The van der Waals surface area contributed by atoms with E-state index in [-0.39, 0.29) is 18.4 Å². The van der Waals surface area contributed by atoms with Gasteiger partial charge in [0.1, 0.15) is 5.75 Å². The summed E-state index contributed by atoms with van der Waals surface area (Å²) in [5.74, 6) is 1.34. The molecule has 6 nitrogen and oxygen atoms in total. The first-order valence-corrected chi connectivity index (χ1v) is 10.1. The molecule has 0 spiro atoms. The number of methoxy groups -OCH3 is 1. The number of benzene rings is 1. The van der Waals surface area contributed by atoms with Crippen LogP contribution in [0, 0.1) is 5.92 Å². The highest BCUT2D eigenvalue weighted by Crippen LogP contribution is 2.28. The van der Waals surface area contributed by atoms with Crippen LogP contribution in [0.4, 0.5) is 5.69 Å². The first kappa shape index (κ1) is 19.7. The third-order valence-electron chi connectivity index (χ3n) is 6.04. The first-order valence-electron chi connectivity index (χ1n) is 10.1. The maximum atomic E-state index is 12.7. The molecule has 1 aromatic carbocycles. The van der Waals surface area contributed by atoms with E-state index in [1.54, 1.807) is 25.1 Å². The van der Waals surface area contributed by atoms with Gasteiger partial charge in [-0.2, -0.15) is 0 Å². The Labute approximate surface area is 161 Å². The molecule has 6 heteroatoms. The van der Waals surface area contributed by atoms with E-state index in [1.807, 2.05) is 18.2 Å². The number of anilines is 1. The summed E-state index contributed by atoms with van der Waals surface area (Å²) in [6, 6.07) is 7.86. The molecular weight excluding hydrogens is 342 g/mol. The van der Waals surface area contributed by atoms with Crippen molar-refractivity contribution >= 4 is 17.5 Å². The topological polar surface area (TPSA) is 63.1 Å². The van der Waals surface area contributed by atoms with Crippen molar-refractivity contribution in [1.29, 1.82) is 0 Å². The molecule has 2 aliphatic rings. The Balaban J connectivity index is 1.50. The van der Waals surface area contributed by atoms with E-state index in [2.05, 4.69) is 5.32 Å². The fraction of sp³-hybridized carbons (Fsp3) is 0.619. The van der Waals surface area contributed by atoms with Gasteiger partial charge in [0, 0.05) is 24.7 Å². The molecule has 2 N–H and O–H groups in total. The molecule has 0 radical (unpaired) electrons. The Kier molecular flexibility index (Phi) is 6.72. The van der Waals surface area contributed by atoms with E-state index in [0.717, 1.165) is 12.5 Å². The minimum absolute atomic E-state index is 0.0528. The zero-order chi connectivity index (χ0) is 19.2. The summed E-state index contributed by atoms with van der Waals surface area (Å²) in [4.78, 5) is 28.0. The number of piperidine rings is 1. The second-order valence-electron chi connectivity index (χ2n) is 7.91. The summed E-state index contributed by atoms with van der Waals surface area (Å²) in [6.07, 6.45) is 7.73. The normalized spacial score (nSPS) is 24.6. The summed E-state index contributed by atoms with van der Waals surface area (Å²) in [5.41, 5.74) is 0.673. The van der Waals surface area contributed by atoms with Crippen LogP contribution in [0.15, 0.2) is 24.3 Å². The van der Waals surface area contributed by atoms with Crippen molar-refractivity contribution in [1.82, 2.24) is 4.90 Å². The lowest BCUT2D eigenvalue weighted by Crippen LogP contribution is -3.18. The molecule has 1 aliphatic carbocycles. The highest BCUT2D eigenvalue weighted by Gasteiger charge is 2.37. The number of carbonyl (C=O) groups excluding carboxylic acids is 2. The Morgan fingerprint density at radius 2 is 2.00 bits per heavy atom. The number of carbonyl (C=O) groups is 2. The van der Waals surface area contributed by atoms with Crippen LogP contribution in [0.25, 0.3) is 0 Å². The highest BCUT2D eigenvalue weighted by molar-refractivity contribution is 5.94. The number of nitrogens with zero attached hydrogens (tertiary/aromatic N) is 1. The smallest absolute Gasteiger partial charge is 0.277 e. The zero-order valence-electron chi connectivity index (χ0n) is 16.5. The van der Waals surface area contributed by atoms with Crippen LogP contribution >= 0.6 is 0 Å². The molecule has 1 unspecified atom stereocenters. The van der Waals surface area contributed by atoms with Crippen LogP contribution in [0.2, 0.25) is 0 Å². The molecule has 1 heterocycles. The molecule has 2 fully saturated rings. The SMILES string of the molecule is COc1cccc(NC(=O)CN(C)C(=O)C[NH+]2CCC[C@H]3CCCC[C@@H]32)c1. The lowest BCUT2D eigenvalue weighted by atomic mass is 9.78. The second-order valence-corrected chi connectivity index (χ2v) is 7.91. The van der Waals surface area contributed by atoms with E-state index >= 15 is 0 Å². The fourth-order valence-electron chi connectivity index (χ4n) is 4.62. The van der Waals surface area contributed by atoms with Crippen LogP contribution < -0.4 is 15.0 Å². The van der Waals surface area contributed by atoms with Gasteiger partial charge in [-0.1, -0.05) is 12.5 Å². The number of amides is 2. The number of hydrogen-bond acceptors (Lipinski definition) is 3. The summed E-state index contributed by atoms with van der Waals surface area (Å²) in [5, 5.41) is 2.83. The number of quaternary nitrogens is 1. The Morgan fingerprint density at radius 1 is 1.22 bits per heavy atom. The summed E-state index contributed by atoms with van der Waals surface area (Å²) in [6.45, 7) is 1.65. The number of likely N-dealkylation sites (tertiary alicyclic amines) is 1. The number of likely N-dealkylation sites (N-methyl/N-ethyl adjacent to an activating group) is 1. The number of fused-ring (bicyclic) bond motifs is 1. The summed E-state index contributed by atoms with van der Waals surface area (Å²) < 4.78 is 5.16. The Bertz CT molecular complexity index is 662. The highest BCUT2D eigenvalue weighted by atomic mass is 16.5. The Hall–Kier alpha value is -2.08. The van der Waals surface area contributed by atoms with Crippen LogP contribution in [0.5, 0.6) is 5.75 Å². The second kappa shape index (κ2) is 9.22. The van der Waals surface area contributed by atoms with Crippen LogP contribution in [0.1, 0.15) is 38.5 Å². The lowest BCUT2D eigenvalue weighted by Gasteiger charge is -2.41. The number of rotatable bonds is 6. The maximum absolute atomic E-state index is 12.7. The molecule has 1 aromatic rings. The van der Waals surface area contributed by atoms with Gasteiger partial charge in [0.15, 0.2) is 6.54 Å². The first-order chi connectivity index (χ1) is 13.1. The van der Waals surface area contributed by atoms with Crippen molar-refractivity contribution in [3.63, 3.8) is 0 Å². The molecule has 3 atom stereocenters. The van der Waals surface area contributed by atoms with Gasteiger partial charge < -0.3 is 19.9 Å². The van der Waals surface area contributed by atoms with Crippen molar-refractivity contribution in [3.8, 4) is 5.75 Å². The number of ether oxygens (including phenoxy) is 1. The minimum Gasteiger partial charge on any atom is -0.497 e. The predicted molar refractivity (Wildman–Crippen MR) is 105 cm³/mol. The lowest BCUT2D eigenvalue weighted by molar-refractivity contribution is -0.929. The van der Waals surface area contributed by atoms with Gasteiger partial charge in [-0.3, -0.25) is 9.59 Å². The maximum Gasteiger partial charge on any atom is 0.277 e. The third kappa shape index (κ3) is 5.22. The monoisotopic (exact) mass is 374 g/mol. The Morgan fingerprint density at radius 3 is 2.81 bits per heavy atom. The van der Waals surface area contributed by atoms with E-state index in [9.17, 15) is 9.59 Å². The third-order valence-corrected chi connectivity index (χ3v) is 6.04. The van der Waals surface area contributed by atoms with Crippen molar-refractivity contribution in [2.24, 2.45) is 5.92 Å². The molecule has 0 aromatic heterocycles.